The van der Waals surface area contributed by atoms with Crippen molar-refractivity contribution in [2.24, 2.45) is 5.92 Å². The number of likely N-dealkylation sites (tertiary alicyclic amines) is 1. The van der Waals surface area contributed by atoms with Gasteiger partial charge in [0.15, 0.2) is 0 Å². The molecular formula is C23H22N6OS. The SMILES string of the molecule is N#CC1CCN(CCc2[nH]c(=O)ncc2-c2ccc3nc(-c4ccsc4)[nH]c3c2)CC1. The lowest BCUT2D eigenvalue weighted by Gasteiger charge is -2.29. The molecule has 0 atom stereocenters. The first-order chi connectivity index (χ1) is 15.2. The maximum Gasteiger partial charge on any atom is 0.345 e. The Balaban J connectivity index is 1.40. The van der Waals surface area contributed by atoms with Gasteiger partial charge in [0.2, 0.25) is 0 Å². The van der Waals surface area contributed by atoms with Gasteiger partial charge in [-0.15, -0.1) is 0 Å². The van der Waals surface area contributed by atoms with Gasteiger partial charge in [-0.05, 0) is 55.1 Å². The lowest BCUT2D eigenvalue weighted by molar-refractivity contribution is 0.207. The molecule has 0 aliphatic carbocycles. The van der Waals surface area contributed by atoms with Gasteiger partial charge in [-0.2, -0.15) is 16.6 Å². The number of nitriles is 1. The zero-order valence-electron chi connectivity index (χ0n) is 17.0. The van der Waals surface area contributed by atoms with Crippen molar-refractivity contribution in [2.45, 2.75) is 19.3 Å². The number of nitrogens with zero attached hydrogens (tertiary/aromatic N) is 4. The van der Waals surface area contributed by atoms with Gasteiger partial charge in [-0.1, -0.05) is 6.07 Å². The molecule has 7 nitrogen and oxygen atoms in total. The van der Waals surface area contributed by atoms with Gasteiger partial charge in [-0.3, -0.25) is 0 Å². The van der Waals surface area contributed by atoms with E-state index in [-0.39, 0.29) is 11.6 Å². The summed E-state index contributed by atoms with van der Waals surface area (Å²) in [6.07, 6.45) is 4.22. The summed E-state index contributed by atoms with van der Waals surface area (Å²) in [4.78, 5) is 29.3. The van der Waals surface area contributed by atoms with E-state index in [2.05, 4.69) is 42.4 Å². The zero-order valence-corrected chi connectivity index (χ0v) is 17.8. The Morgan fingerprint density at radius 3 is 2.84 bits per heavy atom. The van der Waals surface area contributed by atoms with Crippen LogP contribution in [-0.2, 0) is 6.42 Å². The molecule has 0 bridgehead atoms. The van der Waals surface area contributed by atoms with Crippen LogP contribution in [0.25, 0.3) is 33.5 Å². The van der Waals surface area contributed by atoms with Gasteiger partial charge >= 0.3 is 5.69 Å². The number of benzene rings is 1. The molecule has 1 aliphatic rings. The van der Waals surface area contributed by atoms with Crippen LogP contribution in [0, 0.1) is 17.2 Å². The summed E-state index contributed by atoms with van der Waals surface area (Å²) in [5.41, 5.74) is 5.42. The number of imidazole rings is 1. The third-order valence-corrected chi connectivity index (χ3v) is 6.61. The van der Waals surface area contributed by atoms with Gasteiger partial charge in [0, 0.05) is 47.3 Å². The van der Waals surface area contributed by atoms with Crippen LogP contribution in [0.3, 0.4) is 0 Å². The van der Waals surface area contributed by atoms with Crippen molar-refractivity contribution in [2.75, 3.05) is 19.6 Å². The summed E-state index contributed by atoms with van der Waals surface area (Å²) in [6.45, 7) is 2.70. The Morgan fingerprint density at radius 2 is 2.06 bits per heavy atom. The van der Waals surface area contributed by atoms with Crippen molar-refractivity contribution in [1.29, 1.82) is 5.26 Å². The van der Waals surface area contributed by atoms with Crippen molar-refractivity contribution < 1.29 is 0 Å². The molecule has 0 saturated carbocycles. The van der Waals surface area contributed by atoms with Crippen LogP contribution in [0.15, 0.2) is 46.0 Å². The standard InChI is InChI=1S/C23H22N6OS/c24-12-15-3-7-29(8-4-15)9-5-19-18(13-25-23(30)28-19)16-1-2-20-21(11-16)27-22(26-20)17-6-10-31-14-17/h1-2,6,10-11,13-15H,3-5,7-9H2,(H,26,27)(H,25,28,30). The van der Waals surface area contributed by atoms with Gasteiger partial charge < -0.3 is 14.9 Å². The average Bonchev–Trinajstić information content (AvgIpc) is 3.47. The highest BCUT2D eigenvalue weighted by Gasteiger charge is 2.19. The molecule has 1 saturated heterocycles. The number of hydrogen-bond acceptors (Lipinski definition) is 6. The largest absolute Gasteiger partial charge is 0.345 e. The number of rotatable bonds is 5. The molecule has 0 unspecified atom stereocenters. The number of H-pyrrole nitrogens is 2. The lowest BCUT2D eigenvalue weighted by atomic mass is 9.98. The molecule has 0 radical (unpaired) electrons. The first kappa shape index (κ1) is 19.7. The summed E-state index contributed by atoms with van der Waals surface area (Å²) < 4.78 is 0. The minimum atomic E-state index is -0.329. The first-order valence-electron chi connectivity index (χ1n) is 10.4. The normalized spacial score (nSPS) is 15.3. The maximum absolute atomic E-state index is 11.9. The summed E-state index contributed by atoms with van der Waals surface area (Å²) in [5, 5.41) is 13.2. The molecule has 2 N–H and O–H groups in total. The maximum atomic E-state index is 11.9. The van der Waals surface area contributed by atoms with Crippen molar-refractivity contribution >= 4 is 22.4 Å². The fourth-order valence-corrected chi connectivity index (χ4v) is 4.78. The number of aromatic amines is 2. The Labute approximate surface area is 183 Å². The number of thiophene rings is 1. The minimum Gasteiger partial charge on any atom is -0.338 e. The molecule has 0 spiro atoms. The molecule has 156 valence electrons. The molecule has 1 fully saturated rings. The molecule has 1 aromatic carbocycles. The van der Waals surface area contributed by atoms with Crippen molar-refractivity contribution in [3.8, 4) is 28.6 Å². The van der Waals surface area contributed by atoms with Gasteiger partial charge in [0.05, 0.1) is 17.1 Å². The van der Waals surface area contributed by atoms with E-state index in [0.29, 0.717) is 0 Å². The molecule has 31 heavy (non-hydrogen) atoms. The Kier molecular flexibility index (Phi) is 5.37. The highest BCUT2D eigenvalue weighted by atomic mass is 32.1. The second-order valence-electron chi connectivity index (χ2n) is 7.90. The topological polar surface area (TPSA) is 101 Å². The Bertz CT molecular complexity index is 1290. The highest BCUT2D eigenvalue weighted by Crippen LogP contribution is 2.28. The third-order valence-electron chi connectivity index (χ3n) is 5.93. The number of hydrogen-bond donors (Lipinski definition) is 2. The highest BCUT2D eigenvalue weighted by molar-refractivity contribution is 7.08. The molecule has 0 amide bonds. The number of aromatic nitrogens is 4. The second kappa shape index (κ2) is 8.46. The van der Waals surface area contributed by atoms with Crippen LogP contribution in [0.1, 0.15) is 18.5 Å². The van der Waals surface area contributed by atoms with Gasteiger partial charge in [0.1, 0.15) is 5.82 Å². The minimum absolute atomic E-state index is 0.174. The smallest absolute Gasteiger partial charge is 0.338 e. The van der Waals surface area contributed by atoms with E-state index in [1.54, 1.807) is 17.5 Å². The van der Waals surface area contributed by atoms with E-state index >= 15 is 0 Å². The van der Waals surface area contributed by atoms with E-state index in [9.17, 15) is 4.79 Å². The van der Waals surface area contributed by atoms with E-state index in [0.717, 1.165) is 78.1 Å². The second-order valence-corrected chi connectivity index (χ2v) is 8.68. The Hall–Kier alpha value is -3.28. The van der Waals surface area contributed by atoms with E-state index in [4.69, 9.17) is 5.26 Å². The molecule has 1 aliphatic heterocycles. The molecular weight excluding hydrogens is 408 g/mol. The van der Waals surface area contributed by atoms with E-state index < -0.39 is 0 Å². The van der Waals surface area contributed by atoms with Crippen LogP contribution in [0.2, 0.25) is 0 Å². The fourth-order valence-electron chi connectivity index (χ4n) is 4.14. The van der Waals surface area contributed by atoms with Crippen LogP contribution < -0.4 is 5.69 Å². The van der Waals surface area contributed by atoms with E-state index in [1.807, 2.05) is 23.6 Å². The number of piperidine rings is 1. The fraction of sp³-hybridized carbons (Fsp3) is 0.304. The number of fused-ring (bicyclic) bond motifs is 1. The summed E-state index contributed by atoms with van der Waals surface area (Å²) in [5.74, 6) is 1.03. The molecule has 4 heterocycles. The molecule has 4 aromatic rings. The lowest BCUT2D eigenvalue weighted by Crippen LogP contribution is -2.35. The van der Waals surface area contributed by atoms with Crippen molar-refractivity contribution in [1.82, 2.24) is 24.8 Å². The predicted molar refractivity (Wildman–Crippen MR) is 122 cm³/mol. The van der Waals surface area contributed by atoms with Crippen LogP contribution in [0.4, 0.5) is 0 Å². The number of nitrogens with one attached hydrogen (secondary N) is 2. The summed E-state index contributed by atoms with van der Waals surface area (Å²) >= 11 is 1.64. The molecule has 5 rings (SSSR count). The van der Waals surface area contributed by atoms with Crippen molar-refractivity contribution in [3.05, 3.63) is 57.4 Å². The van der Waals surface area contributed by atoms with Gasteiger partial charge in [-0.25, -0.2) is 14.8 Å². The Morgan fingerprint density at radius 1 is 1.19 bits per heavy atom. The van der Waals surface area contributed by atoms with Crippen LogP contribution in [-0.4, -0.2) is 44.5 Å². The van der Waals surface area contributed by atoms with Crippen LogP contribution in [0.5, 0.6) is 0 Å². The van der Waals surface area contributed by atoms with Crippen molar-refractivity contribution in [3.63, 3.8) is 0 Å². The third kappa shape index (κ3) is 4.15. The monoisotopic (exact) mass is 430 g/mol. The predicted octanol–water partition coefficient (Wildman–Crippen LogP) is 3.82. The van der Waals surface area contributed by atoms with Crippen LogP contribution >= 0.6 is 11.3 Å². The quantitative estimate of drug-likeness (QED) is 0.501. The summed E-state index contributed by atoms with van der Waals surface area (Å²) in [7, 11) is 0. The van der Waals surface area contributed by atoms with Gasteiger partial charge in [0.25, 0.3) is 0 Å². The summed E-state index contributed by atoms with van der Waals surface area (Å²) in [6, 6.07) is 10.5. The average molecular weight is 431 g/mol. The first-order valence-corrected chi connectivity index (χ1v) is 11.4. The molecule has 3 aromatic heterocycles. The molecule has 8 heteroatoms. The van der Waals surface area contributed by atoms with E-state index in [1.165, 1.54) is 0 Å². The zero-order chi connectivity index (χ0) is 21.2.